The van der Waals surface area contributed by atoms with Gasteiger partial charge in [-0.15, -0.1) is 0 Å². The number of aromatic amines is 1. The van der Waals surface area contributed by atoms with Gasteiger partial charge in [0.2, 0.25) is 5.95 Å². The summed E-state index contributed by atoms with van der Waals surface area (Å²) in [6, 6.07) is 30.5. The van der Waals surface area contributed by atoms with Gasteiger partial charge in [0, 0.05) is 42.2 Å². The van der Waals surface area contributed by atoms with Gasteiger partial charge in [0.25, 0.3) is 0 Å². The first-order chi connectivity index (χ1) is 24.2. The SMILES string of the molecule is O=C(O)C(F)(F)F.c1ccc(-c2cnc(Nc3ccccn3)nc2-c2ccc(CN3CCC(c4nc(-c5ccccn5)n[nH]4)CC3)cc2)cc1. The minimum atomic E-state index is -5.08. The number of hydrogen-bond acceptors (Lipinski definition) is 9. The molecule has 11 nitrogen and oxygen atoms in total. The number of nitrogens with one attached hydrogen (secondary N) is 2. The first-order valence-electron chi connectivity index (χ1n) is 15.8. The molecule has 2 aromatic carbocycles. The Hall–Kier alpha value is -6.02. The van der Waals surface area contributed by atoms with E-state index in [4.69, 9.17) is 19.9 Å². The van der Waals surface area contributed by atoms with E-state index in [-0.39, 0.29) is 0 Å². The van der Waals surface area contributed by atoms with Crippen LogP contribution in [0.5, 0.6) is 0 Å². The Balaban J connectivity index is 0.000000561. The van der Waals surface area contributed by atoms with Crippen LogP contribution in [0.3, 0.4) is 0 Å². The van der Waals surface area contributed by atoms with Gasteiger partial charge in [-0.1, -0.05) is 66.7 Å². The summed E-state index contributed by atoms with van der Waals surface area (Å²) in [5.41, 5.74) is 6.06. The van der Waals surface area contributed by atoms with Crippen LogP contribution in [-0.2, 0) is 11.3 Å². The van der Waals surface area contributed by atoms with Crippen LogP contribution < -0.4 is 5.32 Å². The Morgan fingerprint density at radius 2 is 1.52 bits per heavy atom. The van der Waals surface area contributed by atoms with Gasteiger partial charge in [-0.2, -0.15) is 18.3 Å². The molecule has 1 aliphatic rings. The van der Waals surface area contributed by atoms with E-state index >= 15 is 0 Å². The summed E-state index contributed by atoms with van der Waals surface area (Å²) < 4.78 is 31.7. The molecule has 3 N–H and O–H groups in total. The summed E-state index contributed by atoms with van der Waals surface area (Å²) in [6.45, 7) is 2.93. The fourth-order valence-electron chi connectivity index (χ4n) is 5.50. The topological polar surface area (TPSA) is 146 Å². The van der Waals surface area contributed by atoms with E-state index in [9.17, 15) is 13.2 Å². The van der Waals surface area contributed by atoms with Crippen LogP contribution in [-0.4, -0.2) is 70.4 Å². The van der Waals surface area contributed by atoms with E-state index in [0.29, 0.717) is 23.5 Å². The molecule has 1 fully saturated rings. The van der Waals surface area contributed by atoms with Gasteiger partial charge in [0.15, 0.2) is 5.82 Å². The maximum atomic E-state index is 10.6. The molecule has 0 atom stereocenters. The van der Waals surface area contributed by atoms with Crippen LogP contribution >= 0.6 is 0 Å². The molecule has 0 saturated carbocycles. The molecule has 14 heteroatoms. The molecule has 0 spiro atoms. The molecule has 0 bridgehead atoms. The van der Waals surface area contributed by atoms with E-state index < -0.39 is 12.1 Å². The summed E-state index contributed by atoms with van der Waals surface area (Å²) in [7, 11) is 0. The number of pyridine rings is 2. The molecular formula is C36H32F3N9O2. The molecule has 4 aromatic heterocycles. The zero-order chi connectivity index (χ0) is 34.9. The minimum absolute atomic E-state index is 0.381. The average molecular weight is 680 g/mol. The number of alkyl halides is 3. The van der Waals surface area contributed by atoms with Crippen LogP contribution in [0.1, 0.15) is 30.1 Å². The van der Waals surface area contributed by atoms with E-state index in [1.54, 1.807) is 12.4 Å². The van der Waals surface area contributed by atoms with Gasteiger partial charge in [-0.05, 0) is 61.3 Å². The number of benzene rings is 2. The van der Waals surface area contributed by atoms with Gasteiger partial charge in [0.05, 0.1) is 5.69 Å². The Kier molecular flexibility index (Phi) is 10.5. The van der Waals surface area contributed by atoms with E-state index in [1.807, 2.05) is 60.8 Å². The lowest BCUT2D eigenvalue weighted by molar-refractivity contribution is -0.192. The molecule has 7 rings (SSSR count). The monoisotopic (exact) mass is 679 g/mol. The van der Waals surface area contributed by atoms with Crippen molar-refractivity contribution in [2.45, 2.75) is 31.5 Å². The molecular weight excluding hydrogens is 647 g/mol. The Morgan fingerprint density at radius 3 is 2.16 bits per heavy atom. The predicted octanol–water partition coefficient (Wildman–Crippen LogP) is 7.14. The van der Waals surface area contributed by atoms with Gasteiger partial charge in [0.1, 0.15) is 17.3 Å². The number of aliphatic carboxylic acids is 1. The van der Waals surface area contributed by atoms with Crippen LogP contribution in [0.15, 0.2) is 110 Å². The fraction of sp³-hybridized carbons (Fsp3) is 0.194. The lowest BCUT2D eigenvalue weighted by Crippen LogP contribution is -2.32. The highest BCUT2D eigenvalue weighted by atomic mass is 19.4. The normalized spacial score (nSPS) is 13.7. The lowest BCUT2D eigenvalue weighted by Gasteiger charge is -2.31. The zero-order valence-electron chi connectivity index (χ0n) is 26.6. The predicted molar refractivity (Wildman–Crippen MR) is 181 cm³/mol. The molecule has 254 valence electrons. The van der Waals surface area contributed by atoms with Crippen molar-refractivity contribution in [2.24, 2.45) is 0 Å². The van der Waals surface area contributed by atoms with Gasteiger partial charge < -0.3 is 10.4 Å². The van der Waals surface area contributed by atoms with E-state index in [0.717, 1.165) is 66.4 Å². The van der Waals surface area contributed by atoms with Gasteiger partial charge >= 0.3 is 12.1 Å². The third-order valence-electron chi connectivity index (χ3n) is 8.03. The first kappa shape index (κ1) is 33.9. The lowest BCUT2D eigenvalue weighted by atomic mass is 9.95. The summed E-state index contributed by atoms with van der Waals surface area (Å²) in [5, 5.41) is 17.9. The number of carbonyl (C=O) groups is 1. The maximum Gasteiger partial charge on any atom is 0.490 e. The Labute approximate surface area is 285 Å². The second-order valence-corrected chi connectivity index (χ2v) is 11.5. The van der Waals surface area contributed by atoms with Crippen molar-refractivity contribution in [1.29, 1.82) is 0 Å². The molecule has 0 radical (unpaired) electrons. The van der Waals surface area contributed by atoms with Crippen LogP contribution in [0, 0.1) is 0 Å². The number of likely N-dealkylation sites (tertiary alicyclic amines) is 1. The third kappa shape index (κ3) is 8.71. The number of halogens is 3. The molecule has 1 saturated heterocycles. The van der Waals surface area contributed by atoms with Crippen molar-refractivity contribution in [2.75, 3.05) is 18.4 Å². The Morgan fingerprint density at radius 1 is 0.840 bits per heavy atom. The summed E-state index contributed by atoms with van der Waals surface area (Å²) >= 11 is 0. The maximum absolute atomic E-state index is 10.6. The number of piperidine rings is 1. The van der Waals surface area contributed by atoms with Gasteiger partial charge in [-0.3, -0.25) is 15.0 Å². The van der Waals surface area contributed by atoms with Crippen molar-refractivity contribution in [3.63, 3.8) is 0 Å². The quantitative estimate of drug-likeness (QED) is 0.152. The Bertz CT molecular complexity index is 1990. The summed E-state index contributed by atoms with van der Waals surface area (Å²) in [5.74, 6) is 0.466. The number of carboxylic acid groups (broad SMARTS) is 1. The van der Waals surface area contributed by atoms with Crippen molar-refractivity contribution in [3.05, 3.63) is 121 Å². The number of carboxylic acids is 1. The zero-order valence-corrected chi connectivity index (χ0v) is 26.6. The number of hydrogen-bond donors (Lipinski definition) is 3. The number of anilines is 2. The summed E-state index contributed by atoms with van der Waals surface area (Å²) in [4.78, 5) is 34.4. The number of H-pyrrole nitrogens is 1. The average Bonchev–Trinajstić information content (AvgIpc) is 3.64. The van der Waals surface area contributed by atoms with E-state index in [1.165, 1.54) is 5.56 Å². The minimum Gasteiger partial charge on any atom is -0.475 e. The molecule has 0 aliphatic carbocycles. The van der Waals surface area contributed by atoms with Crippen molar-refractivity contribution in [3.8, 4) is 33.9 Å². The largest absolute Gasteiger partial charge is 0.490 e. The number of nitrogens with zero attached hydrogens (tertiary/aromatic N) is 7. The third-order valence-corrected chi connectivity index (χ3v) is 8.03. The molecule has 6 aromatic rings. The highest BCUT2D eigenvalue weighted by molar-refractivity contribution is 5.81. The summed E-state index contributed by atoms with van der Waals surface area (Å²) in [6.07, 6.45) is 2.40. The van der Waals surface area contributed by atoms with Crippen molar-refractivity contribution < 1.29 is 23.1 Å². The molecule has 0 amide bonds. The van der Waals surface area contributed by atoms with Gasteiger partial charge in [-0.25, -0.2) is 24.7 Å². The van der Waals surface area contributed by atoms with Crippen molar-refractivity contribution >= 4 is 17.7 Å². The highest BCUT2D eigenvalue weighted by Gasteiger charge is 2.38. The van der Waals surface area contributed by atoms with E-state index in [2.05, 4.69) is 71.8 Å². The van der Waals surface area contributed by atoms with Crippen molar-refractivity contribution in [1.82, 2.24) is 40.0 Å². The molecule has 1 aliphatic heterocycles. The van der Waals surface area contributed by atoms with Crippen LogP contribution in [0.25, 0.3) is 33.9 Å². The standard InChI is InChI=1S/C34H31N9.C2HF3O2/c1-2-8-25(9-3-1)28-22-37-34(38-30-11-5-7-19-36-30)39-31(28)26-14-12-24(13-15-26)23-43-20-16-27(17-21-43)32-40-33(42-41-32)29-10-4-6-18-35-29;3-2(4,5)1(6)7/h1-15,18-19,22,27H,16-17,20-21,23H2,(H,40,41,42)(H,36,37,38,39);(H,6,7). The fourth-order valence-corrected chi connectivity index (χ4v) is 5.50. The molecule has 5 heterocycles. The van der Waals surface area contributed by atoms with Crippen LogP contribution in [0.4, 0.5) is 24.9 Å². The second kappa shape index (κ2) is 15.5. The molecule has 0 unspecified atom stereocenters. The first-order valence-corrected chi connectivity index (χ1v) is 15.8. The highest BCUT2D eigenvalue weighted by Crippen LogP contribution is 2.32. The van der Waals surface area contributed by atoms with Crippen LogP contribution in [0.2, 0.25) is 0 Å². The molecule has 50 heavy (non-hydrogen) atoms. The number of rotatable bonds is 8. The number of aromatic nitrogens is 7. The smallest absolute Gasteiger partial charge is 0.475 e. The second-order valence-electron chi connectivity index (χ2n) is 11.5.